The van der Waals surface area contributed by atoms with Crippen molar-refractivity contribution in [3.63, 3.8) is 0 Å². The number of esters is 1. The van der Waals surface area contributed by atoms with Gasteiger partial charge in [-0.25, -0.2) is 4.98 Å². The van der Waals surface area contributed by atoms with Crippen LogP contribution in [0.25, 0.3) is 0 Å². The molecule has 1 aromatic heterocycles. The molecule has 0 spiro atoms. The van der Waals surface area contributed by atoms with Crippen molar-refractivity contribution in [2.24, 2.45) is 5.84 Å². The SMILES string of the molecule is CN(C)N.COC(C)=O.Nc1ccc(Nc2ccc(N)cc2)cc1.Nc1ncc[nH]1. The second kappa shape index (κ2) is 15.2. The largest absolute Gasteiger partial charge is 0.469 e. The maximum absolute atomic E-state index is 9.59. The lowest BCUT2D eigenvalue weighted by Crippen LogP contribution is -2.18. The van der Waals surface area contributed by atoms with Crippen molar-refractivity contribution in [2.45, 2.75) is 6.92 Å². The van der Waals surface area contributed by atoms with E-state index >= 15 is 0 Å². The number of anilines is 5. The van der Waals surface area contributed by atoms with Crippen LogP contribution in [-0.2, 0) is 9.53 Å². The van der Waals surface area contributed by atoms with Crippen LogP contribution in [0.4, 0.5) is 28.7 Å². The van der Waals surface area contributed by atoms with Gasteiger partial charge in [-0.05, 0) is 48.5 Å². The van der Waals surface area contributed by atoms with Crippen LogP contribution in [0.5, 0.6) is 0 Å². The van der Waals surface area contributed by atoms with Crippen molar-refractivity contribution >= 4 is 34.7 Å². The number of hydrazine groups is 1. The second-order valence-corrected chi connectivity index (χ2v) is 6.00. The summed E-state index contributed by atoms with van der Waals surface area (Å²) in [5.41, 5.74) is 19.8. The van der Waals surface area contributed by atoms with Gasteiger partial charge in [0.2, 0.25) is 0 Å². The van der Waals surface area contributed by atoms with E-state index in [9.17, 15) is 4.79 Å². The Labute approximate surface area is 177 Å². The zero-order valence-corrected chi connectivity index (χ0v) is 17.8. The molecule has 3 rings (SSSR count). The zero-order chi connectivity index (χ0) is 22.9. The number of ether oxygens (including phenoxy) is 1. The molecule has 1 heterocycles. The van der Waals surface area contributed by atoms with Crippen LogP contribution in [0, 0.1) is 0 Å². The maximum Gasteiger partial charge on any atom is 0.302 e. The maximum atomic E-state index is 9.59. The standard InChI is InChI=1S/C12H13N3.C3H5N3.C3H6O2.C2H8N2/c13-9-1-5-11(6-2-9)15-12-7-3-10(14)4-8-12;4-3-5-1-2-6-3;1-3(4)5-2;1-4(2)3/h1-8,15H,13-14H2;1-2H,(H3,4,5,6);1-2H3;3H2,1-2H3. The lowest BCUT2D eigenvalue weighted by atomic mass is 10.2. The summed E-state index contributed by atoms with van der Waals surface area (Å²) in [6.07, 6.45) is 3.28. The summed E-state index contributed by atoms with van der Waals surface area (Å²) in [7, 11) is 4.91. The average molecular weight is 417 g/mol. The highest BCUT2D eigenvalue weighted by Crippen LogP contribution is 2.18. The highest BCUT2D eigenvalue weighted by molar-refractivity contribution is 5.65. The summed E-state index contributed by atoms with van der Waals surface area (Å²) >= 11 is 0. The summed E-state index contributed by atoms with van der Waals surface area (Å²) in [6, 6.07) is 15.2. The van der Waals surface area contributed by atoms with Crippen molar-refractivity contribution < 1.29 is 9.53 Å². The van der Waals surface area contributed by atoms with Crippen LogP contribution in [0.3, 0.4) is 0 Å². The number of carbonyl (C=O) groups excluding carboxylic acids is 1. The molecule has 10 nitrogen and oxygen atoms in total. The molecule has 0 amide bonds. The van der Waals surface area contributed by atoms with Crippen molar-refractivity contribution in [1.82, 2.24) is 15.0 Å². The fourth-order valence-corrected chi connectivity index (χ4v) is 1.58. The van der Waals surface area contributed by atoms with Gasteiger partial charge in [0.1, 0.15) is 0 Å². The number of H-pyrrole nitrogens is 1. The summed E-state index contributed by atoms with van der Waals surface area (Å²) < 4.78 is 4.11. The van der Waals surface area contributed by atoms with Crippen LogP contribution < -0.4 is 28.4 Å². The fourth-order valence-electron chi connectivity index (χ4n) is 1.58. The molecule has 0 aliphatic carbocycles. The molecular formula is C20H32N8O2. The highest BCUT2D eigenvalue weighted by atomic mass is 16.5. The first-order valence-electron chi connectivity index (χ1n) is 8.83. The van der Waals surface area contributed by atoms with E-state index in [-0.39, 0.29) is 5.97 Å². The highest BCUT2D eigenvalue weighted by Gasteiger charge is 1.93. The number of carbonyl (C=O) groups is 1. The number of nitrogens with two attached hydrogens (primary N) is 4. The van der Waals surface area contributed by atoms with E-state index in [1.54, 1.807) is 26.5 Å². The van der Waals surface area contributed by atoms with Gasteiger partial charge in [-0.3, -0.25) is 15.6 Å². The third kappa shape index (κ3) is 15.3. The molecule has 10 heteroatoms. The van der Waals surface area contributed by atoms with Gasteiger partial charge in [-0.1, -0.05) is 0 Å². The smallest absolute Gasteiger partial charge is 0.302 e. The van der Waals surface area contributed by atoms with Crippen molar-refractivity contribution in [3.8, 4) is 0 Å². The van der Waals surface area contributed by atoms with Gasteiger partial charge >= 0.3 is 5.97 Å². The molecular weight excluding hydrogens is 384 g/mol. The summed E-state index contributed by atoms with van der Waals surface area (Å²) in [5, 5.41) is 4.75. The summed E-state index contributed by atoms with van der Waals surface area (Å²) in [6.45, 7) is 1.36. The Morgan fingerprint density at radius 2 is 1.33 bits per heavy atom. The Morgan fingerprint density at radius 3 is 1.53 bits per heavy atom. The average Bonchev–Trinajstić information content (AvgIpc) is 3.17. The number of aromatic nitrogens is 2. The third-order valence-corrected chi connectivity index (χ3v) is 2.92. The molecule has 0 unspecified atom stereocenters. The lowest BCUT2D eigenvalue weighted by Gasteiger charge is -2.06. The van der Waals surface area contributed by atoms with Crippen LogP contribution in [0.1, 0.15) is 6.92 Å². The second-order valence-electron chi connectivity index (χ2n) is 6.00. The van der Waals surface area contributed by atoms with Gasteiger partial charge in [-0.2, -0.15) is 0 Å². The number of nitrogens with one attached hydrogen (secondary N) is 2. The van der Waals surface area contributed by atoms with Gasteiger partial charge in [0.05, 0.1) is 7.11 Å². The number of nitrogen functional groups attached to an aromatic ring is 3. The van der Waals surface area contributed by atoms with Crippen molar-refractivity contribution in [2.75, 3.05) is 43.7 Å². The van der Waals surface area contributed by atoms with E-state index in [1.165, 1.54) is 19.0 Å². The molecule has 30 heavy (non-hydrogen) atoms. The minimum absolute atomic E-state index is 0.245. The number of aromatic amines is 1. The molecule has 10 N–H and O–H groups in total. The van der Waals surface area contributed by atoms with Crippen LogP contribution >= 0.6 is 0 Å². The van der Waals surface area contributed by atoms with Gasteiger partial charge in [-0.15, -0.1) is 0 Å². The minimum Gasteiger partial charge on any atom is -0.469 e. The molecule has 0 aliphatic rings. The monoisotopic (exact) mass is 416 g/mol. The molecule has 0 saturated heterocycles. The number of hydrogen-bond acceptors (Lipinski definition) is 9. The van der Waals surface area contributed by atoms with Crippen molar-refractivity contribution in [3.05, 3.63) is 60.9 Å². The first-order chi connectivity index (χ1) is 14.1. The van der Waals surface area contributed by atoms with Gasteiger partial charge in [0.15, 0.2) is 5.95 Å². The molecule has 164 valence electrons. The Hall–Kier alpha value is -3.76. The molecule has 2 aromatic carbocycles. The molecule has 0 radical (unpaired) electrons. The normalized spacial score (nSPS) is 9.00. The van der Waals surface area contributed by atoms with Crippen LogP contribution in [0.2, 0.25) is 0 Å². The molecule has 0 saturated carbocycles. The van der Waals surface area contributed by atoms with Gasteiger partial charge < -0.3 is 32.2 Å². The summed E-state index contributed by atoms with van der Waals surface area (Å²) in [5.74, 6) is 5.17. The topological polar surface area (TPSA) is 174 Å². The van der Waals surface area contributed by atoms with E-state index in [4.69, 9.17) is 23.0 Å². The molecule has 0 atom stereocenters. The first-order valence-corrected chi connectivity index (χ1v) is 8.83. The van der Waals surface area contributed by atoms with E-state index < -0.39 is 0 Å². The zero-order valence-electron chi connectivity index (χ0n) is 17.8. The van der Waals surface area contributed by atoms with Crippen molar-refractivity contribution in [1.29, 1.82) is 0 Å². The van der Waals surface area contributed by atoms with E-state index in [1.807, 2.05) is 48.5 Å². The van der Waals surface area contributed by atoms with E-state index in [2.05, 4.69) is 20.0 Å². The van der Waals surface area contributed by atoms with Crippen LogP contribution in [0.15, 0.2) is 60.9 Å². The Morgan fingerprint density at radius 1 is 0.967 bits per heavy atom. The quantitative estimate of drug-likeness (QED) is 0.158. The predicted molar refractivity (Wildman–Crippen MR) is 124 cm³/mol. The Balaban J connectivity index is 0.000000462. The predicted octanol–water partition coefficient (Wildman–Crippen LogP) is 2.19. The minimum atomic E-state index is -0.245. The Kier molecular flexibility index (Phi) is 13.3. The van der Waals surface area contributed by atoms with Gasteiger partial charge in [0.25, 0.3) is 0 Å². The fraction of sp³-hybridized carbons (Fsp3) is 0.200. The summed E-state index contributed by atoms with van der Waals surface area (Å²) in [4.78, 5) is 15.9. The number of nitrogens with zero attached hydrogens (tertiary/aromatic N) is 2. The lowest BCUT2D eigenvalue weighted by molar-refractivity contribution is -0.137. The van der Waals surface area contributed by atoms with Gasteiger partial charge in [0, 0.05) is 56.2 Å². The number of methoxy groups -OCH3 is 1. The number of imidazole rings is 1. The van der Waals surface area contributed by atoms with Crippen LogP contribution in [-0.4, -0.2) is 42.2 Å². The number of hydrogen-bond donors (Lipinski definition) is 6. The Bertz CT molecular complexity index is 758. The number of benzene rings is 2. The molecule has 0 bridgehead atoms. The third-order valence-electron chi connectivity index (χ3n) is 2.92. The van der Waals surface area contributed by atoms with E-state index in [0.717, 1.165) is 22.7 Å². The molecule has 0 fully saturated rings. The van der Waals surface area contributed by atoms with E-state index in [0.29, 0.717) is 5.95 Å². The number of rotatable bonds is 2. The molecule has 0 aliphatic heterocycles. The first kappa shape index (κ1) is 26.2. The molecule has 3 aromatic rings.